The topological polar surface area (TPSA) is 127 Å². The summed E-state index contributed by atoms with van der Waals surface area (Å²) in [5, 5.41) is 21.6. The Kier molecular flexibility index (Phi) is 4.15. The smallest absolute Gasteiger partial charge is 0.225 e. The highest BCUT2D eigenvalue weighted by Crippen LogP contribution is 2.19. The standard InChI is InChI=1S/C16H19N9O/c1-9-5-6-17-12(7-9)15-19-14(21-22-15)10(2)18-16(26)11-3-4-13-20-23-24-25(13)8-11/h5-7,10-11H,3-4,8H2,1-2H3,(H,18,26)(H,19,21,22). The molecule has 26 heavy (non-hydrogen) atoms. The van der Waals surface area contributed by atoms with Gasteiger partial charge in [-0.1, -0.05) is 0 Å². The number of fused-ring (bicyclic) bond motifs is 1. The summed E-state index contributed by atoms with van der Waals surface area (Å²) in [7, 11) is 0. The van der Waals surface area contributed by atoms with Crippen molar-refractivity contribution in [2.45, 2.75) is 39.3 Å². The molecule has 10 nitrogen and oxygen atoms in total. The number of pyridine rings is 1. The van der Waals surface area contributed by atoms with Crippen LogP contribution in [0, 0.1) is 12.8 Å². The molecule has 0 aliphatic carbocycles. The molecule has 1 aliphatic heterocycles. The fourth-order valence-corrected chi connectivity index (χ4v) is 3.00. The van der Waals surface area contributed by atoms with Crippen LogP contribution in [0.15, 0.2) is 18.3 Å². The highest BCUT2D eigenvalue weighted by atomic mass is 16.2. The molecule has 4 heterocycles. The zero-order chi connectivity index (χ0) is 18.1. The van der Waals surface area contributed by atoms with Gasteiger partial charge in [-0.05, 0) is 48.4 Å². The Morgan fingerprint density at radius 2 is 2.35 bits per heavy atom. The minimum atomic E-state index is -0.288. The van der Waals surface area contributed by atoms with Crippen LogP contribution in [0.4, 0.5) is 0 Å². The summed E-state index contributed by atoms with van der Waals surface area (Å²) >= 11 is 0. The van der Waals surface area contributed by atoms with E-state index in [0.29, 0.717) is 30.3 Å². The van der Waals surface area contributed by atoms with Crippen LogP contribution in [0.2, 0.25) is 0 Å². The van der Waals surface area contributed by atoms with E-state index >= 15 is 0 Å². The van der Waals surface area contributed by atoms with E-state index in [1.165, 1.54) is 0 Å². The largest absolute Gasteiger partial charge is 0.346 e. The number of tetrazole rings is 1. The number of hydrogen-bond donors (Lipinski definition) is 2. The van der Waals surface area contributed by atoms with Gasteiger partial charge in [-0.2, -0.15) is 5.10 Å². The van der Waals surface area contributed by atoms with Gasteiger partial charge in [0.2, 0.25) is 5.91 Å². The second kappa shape index (κ2) is 6.62. The molecule has 3 aromatic heterocycles. The minimum Gasteiger partial charge on any atom is -0.346 e. The Morgan fingerprint density at radius 3 is 3.19 bits per heavy atom. The number of rotatable bonds is 4. The number of carbonyl (C=O) groups is 1. The first kappa shape index (κ1) is 16.3. The number of amides is 1. The van der Waals surface area contributed by atoms with Crippen molar-refractivity contribution in [3.8, 4) is 11.5 Å². The number of aromatic amines is 1. The van der Waals surface area contributed by atoms with Gasteiger partial charge < -0.3 is 5.32 Å². The second-order valence-electron chi connectivity index (χ2n) is 6.51. The van der Waals surface area contributed by atoms with Gasteiger partial charge in [-0.25, -0.2) is 9.67 Å². The number of carbonyl (C=O) groups excluding carboxylic acids is 1. The maximum absolute atomic E-state index is 12.6. The first-order chi connectivity index (χ1) is 12.6. The first-order valence-corrected chi connectivity index (χ1v) is 8.51. The van der Waals surface area contributed by atoms with E-state index in [0.717, 1.165) is 17.8 Å². The Bertz CT molecular complexity index is 931. The third-order valence-corrected chi connectivity index (χ3v) is 4.50. The highest BCUT2D eigenvalue weighted by Gasteiger charge is 2.28. The second-order valence-corrected chi connectivity index (χ2v) is 6.51. The zero-order valence-electron chi connectivity index (χ0n) is 14.5. The molecule has 1 aliphatic rings. The maximum atomic E-state index is 12.6. The van der Waals surface area contributed by atoms with Crippen LogP contribution in [0.25, 0.3) is 11.5 Å². The van der Waals surface area contributed by atoms with Crippen LogP contribution in [0.3, 0.4) is 0 Å². The van der Waals surface area contributed by atoms with Crippen LogP contribution in [-0.4, -0.2) is 46.3 Å². The number of aryl methyl sites for hydroxylation is 2. The SMILES string of the molecule is Cc1ccnc(-c2n[nH]c(C(C)NC(=O)C3CCc4nnnn4C3)n2)c1. The summed E-state index contributed by atoms with van der Waals surface area (Å²) < 4.78 is 1.69. The van der Waals surface area contributed by atoms with Crippen LogP contribution in [0.5, 0.6) is 0 Å². The van der Waals surface area contributed by atoms with E-state index in [4.69, 9.17) is 0 Å². The number of aromatic nitrogens is 8. The summed E-state index contributed by atoms with van der Waals surface area (Å²) in [6, 6.07) is 3.55. The lowest BCUT2D eigenvalue weighted by Crippen LogP contribution is -2.37. The minimum absolute atomic E-state index is 0.0368. The van der Waals surface area contributed by atoms with Crippen LogP contribution in [0.1, 0.15) is 36.6 Å². The Hall–Kier alpha value is -3.17. The maximum Gasteiger partial charge on any atom is 0.225 e. The summed E-state index contributed by atoms with van der Waals surface area (Å²) in [5.74, 6) is 1.74. The van der Waals surface area contributed by atoms with Gasteiger partial charge >= 0.3 is 0 Å². The molecule has 1 amide bonds. The molecule has 0 bridgehead atoms. The van der Waals surface area contributed by atoms with Crippen molar-refractivity contribution >= 4 is 5.91 Å². The third kappa shape index (κ3) is 3.17. The Morgan fingerprint density at radius 1 is 1.46 bits per heavy atom. The Labute approximate surface area is 149 Å². The van der Waals surface area contributed by atoms with Crippen molar-refractivity contribution in [3.63, 3.8) is 0 Å². The fraction of sp³-hybridized carbons (Fsp3) is 0.438. The molecule has 134 valence electrons. The van der Waals surface area contributed by atoms with Gasteiger partial charge in [0.05, 0.1) is 18.5 Å². The number of nitrogens with zero attached hydrogens (tertiary/aromatic N) is 7. The fourth-order valence-electron chi connectivity index (χ4n) is 3.00. The van der Waals surface area contributed by atoms with Crippen molar-refractivity contribution in [1.82, 2.24) is 45.7 Å². The van der Waals surface area contributed by atoms with E-state index in [9.17, 15) is 4.79 Å². The van der Waals surface area contributed by atoms with Gasteiger partial charge in [-0.3, -0.25) is 14.9 Å². The number of nitrogens with one attached hydrogen (secondary N) is 2. The summed E-state index contributed by atoms with van der Waals surface area (Å²) in [5.41, 5.74) is 1.78. The van der Waals surface area contributed by atoms with Gasteiger partial charge in [0.25, 0.3) is 0 Å². The highest BCUT2D eigenvalue weighted by molar-refractivity contribution is 5.79. The average molecular weight is 353 g/mol. The van der Waals surface area contributed by atoms with E-state index < -0.39 is 0 Å². The van der Waals surface area contributed by atoms with Crippen molar-refractivity contribution in [2.24, 2.45) is 5.92 Å². The van der Waals surface area contributed by atoms with E-state index in [-0.39, 0.29) is 17.9 Å². The third-order valence-electron chi connectivity index (χ3n) is 4.50. The molecule has 2 atom stereocenters. The van der Waals surface area contributed by atoms with Crippen LogP contribution < -0.4 is 5.32 Å². The number of hydrogen-bond acceptors (Lipinski definition) is 7. The van der Waals surface area contributed by atoms with E-state index in [1.54, 1.807) is 10.9 Å². The van der Waals surface area contributed by atoms with E-state index in [1.807, 2.05) is 26.0 Å². The van der Waals surface area contributed by atoms with Crippen molar-refractivity contribution in [3.05, 3.63) is 35.5 Å². The predicted molar refractivity (Wildman–Crippen MR) is 90.5 cm³/mol. The molecule has 0 radical (unpaired) electrons. The van der Waals surface area contributed by atoms with E-state index in [2.05, 4.69) is 41.0 Å². The molecule has 2 N–H and O–H groups in total. The molecule has 0 aromatic carbocycles. The van der Waals surface area contributed by atoms with Crippen molar-refractivity contribution < 1.29 is 4.79 Å². The van der Waals surface area contributed by atoms with Gasteiger partial charge in [0, 0.05) is 12.6 Å². The van der Waals surface area contributed by atoms with Crippen LogP contribution >= 0.6 is 0 Å². The van der Waals surface area contributed by atoms with Crippen molar-refractivity contribution in [2.75, 3.05) is 0 Å². The molecule has 0 saturated carbocycles. The Balaban J connectivity index is 1.42. The molecule has 0 fully saturated rings. The summed E-state index contributed by atoms with van der Waals surface area (Å²) in [6.45, 7) is 4.36. The van der Waals surface area contributed by atoms with Gasteiger partial charge in [-0.15, -0.1) is 5.10 Å². The summed E-state index contributed by atoms with van der Waals surface area (Å²) in [6.07, 6.45) is 3.15. The average Bonchev–Trinajstić information content (AvgIpc) is 3.30. The first-order valence-electron chi connectivity index (χ1n) is 8.51. The normalized spacial score (nSPS) is 17.5. The molecule has 10 heteroatoms. The zero-order valence-corrected chi connectivity index (χ0v) is 14.5. The predicted octanol–water partition coefficient (Wildman–Crippen LogP) is 0.601. The van der Waals surface area contributed by atoms with Crippen molar-refractivity contribution in [1.29, 1.82) is 0 Å². The lowest BCUT2D eigenvalue weighted by molar-refractivity contribution is -0.126. The van der Waals surface area contributed by atoms with Crippen LogP contribution in [-0.2, 0) is 17.8 Å². The van der Waals surface area contributed by atoms with Gasteiger partial charge in [0.15, 0.2) is 11.6 Å². The quantitative estimate of drug-likeness (QED) is 0.703. The van der Waals surface area contributed by atoms with Gasteiger partial charge in [0.1, 0.15) is 11.5 Å². The molecular weight excluding hydrogens is 334 g/mol. The lowest BCUT2D eigenvalue weighted by atomic mass is 9.98. The molecule has 0 spiro atoms. The molecule has 4 rings (SSSR count). The monoisotopic (exact) mass is 353 g/mol. The number of H-pyrrole nitrogens is 1. The summed E-state index contributed by atoms with van der Waals surface area (Å²) in [4.78, 5) is 21.3. The molecule has 3 aromatic rings. The lowest BCUT2D eigenvalue weighted by Gasteiger charge is -2.22. The molecular formula is C16H19N9O. The molecule has 2 unspecified atom stereocenters. The molecule has 0 saturated heterocycles.